The summed E-state index contributed by atoms with van der Waals surface area (Å²) in [6.45, 7) is 1.47. The van der Waals surface area contributed by atoms with E-state index in [2.05, 4.69) is 4.74 Å². The van der Waals surface area contributed by atoms with Crippen molar-refractivity contribution in [2.45, 2.75) is 13.5 Å². The van der Waals surface area contributed by atoms with Crippen molar-refractivity contribution < 1.29 is 33.0 Å². The van der Waals surface area contributed by atoms with Gasteiger partial charge in [-0.3, -0.25) is 4.79 Å². The molecule has 35 heavy (non-hydrogen) atoms. The van der Waals surface area contributed by atoms with Crippen molar-refractivity contribution in [3.05, 3.63) is 99.9 Å². The SMILES string of the molecule is COC(=O)c1ccc(Oc2c(C)oc3cc(OCC(=O)OCc4ccccc4)ccc3c2=O)cc1. The number of hydrogen-bond donors (Lipinski definition) is 0. The lowest BCUT2D eigenvalue weighted by atomic mass is 10.2. The highest BCUT2D eigenvalue weighted by Crippen LogP contribution is 2.27. The molecule has 4 aromatic rings. The van der Waals surface area contributed by atoms with Crippen LogP contribution in [0.25, 0.3) is 11.0 Å². The van der Waals surface area contributed by atoms with Gasteiger partial charge in [0.1, 0.15) is 29.4 Å². The fraction of sp³-hybridized carbons (Fsp3) is 0.148. The summed E-state index contributed by atoms with van der Waals surface area (Å²) in [5, 5.41) is 0.288. The van der Waals surface area contributed by atoms with Crippen LogP contribution in [0.4, 0.5) is 0 Å². The molecule has 3 aromatic carbocycles. The van der Waals surface area contributed by atoms with Crippen LogP contribution in [0.5, 0.6) is 17.2 Å². The van der Waals surface area contributed by atoms with Crippen molar-refractivity contribution in [2.24, 2.45) is 0 Å². The van der Waals surface area contributed by atoms with Crippen LogP contribution >= 0.6 is 0 Å². The van der Waals surface area contributed by atoms with Gasteiger partial charge >= 0.3 is 11.9 Å². The molecule has 1 aromatic heterocycles. The summed E-state index contributed by atoms with van der Waals surface area (Å²) in [5.74, 6) is 0.0135. The van der Waals surface area contributed by atoms with E-state index in [0.29, 0.717) is 17.1 Å². The van der Waals surface area contributed by atoms with Crippen LogP contribution in [-0.4, -0.2) is 25.7 Å². The average Bonchev–Trinajstić information content (AvgIpc) is 2.89. The van der Waals surface area contributed by atoms with Gasteiger partial charge in [-0.15, -0.1) is 0 Å². The summed E-state index contributed by atoms with van der Waals surface area (Å²) in [6, 6.07) is 20.1. The van der Waals surface area contributed by atoms with Gasteiger partial charge in [0.15, 0.2) is 6.61 Å². The molecule has 0 saturated carbocycles. The Bertz CT molecular complexity index is 1410. The number of benzene rings is 3. The molecule has 0 aliphatic rings. The topological polar surface area (TPSA) is 101 Å². The van der Waals surface area contributed by atoms with Crippen molar-refractivity contribution in [2.75, 3.05) is 13.7 Å². The lowest BCUT2D eigenvalue weighted by Gasteiger charge is -2.11. The largest absolute Gasteiger partial charge is 0.482 e. The van der Waals surface area contributed by atoms with E-state index >= 15 is 0 Å². The summed E-state index contributed by atoms with van der Waals surface area (Å²) in [5.41, 5.74) is 1.16. The van der Waals surface area contributed by atoms with Crippen LogP contribution in [0.15, 0.2) is 82.0 Å². The first-order chi connectivity index (χ1) is 16.9. The normalized spacial score (nSPS) is 10.6. The van der Waals surface area contributed by atoms with Gasteiger partial charge in [0, 0.05) is 6.07 Å². The Morgan fingerprint density at radius 3 is 2.34 bits per heavy atom. The predicted molar refractivity (Wildman–Crippen MR) is 127 cm³/mol. The van der Waals surface area contributed by atoms with Crippen LogP contribution in [0, 0.1) is 6.92 Å². The molecule has 0 amide bonds. The van der Waals surface area contributed by atoms with Crippen molar-refractivity contribution in [3.63, 3.8) is 0 Å². The maximum absolute atomic E-state index is 13.0. The number of esters is 2. The molecule has 0 saturated heterocycles. The van der Waals surface area contributed by atoms with Gasteiger partial charge in [0.05, 0.1) is 18.1 Å². The average molecular weight is 474 g/mol. The van der Waals surface area contributed by atoms with E-state index in [1.807, 2.05) is 30.3 Å². The van der Waals surface area contributed by atoms with Gasteiger partial charge in [0.25, 0.3) is 0 Å². The molecule has 4 rings (SSSR count). The molecule has 1 heterocycles. The lowest BCUT2D eigenvalue weighted by molar-refractivity contribution is -0.147. The van der Waals surface area contributed by atoms with Gasteiger partial charge in [0.2, 0.25) is 11.2 Å². The Labute approximate surface area is 200 Å². The highest BCUT2D eigenvalue weighted by atomic mass is 16.6. The Morgan fingerprint density at radius 2 is 1.63 bits per heavy atom. The van der Waals surface area contributed by atoms with E-state index in [-0.39, 0.29) is 41.1 Å². The molecule has 8 nitrogen and oxygen atoms in total. The Balaban J connectivity index is 1.44. The number of rotatable bonds is 8. The summed E-state index contributed by atoms with van der Waals surface area (Å²) < 4.78 is 26.9. The quantitative estimate of drug-likeness (QED) is 0.336. The minimum atomic E-state index is -0.520. The number of hydrogen-bond acceptors (Lipinski definition) is 8. The Hall–Kier alpha value is -4.59. The zero-order chi connectivity index (χ0) is 24.8. The summed E-state index contributed by atoms with van der Waals surface area (Å²) in [6.07, 6.45) is 0. The van der Waals surface area contributed by atoms with Crippen LogP contribution in [0.2, 0.25) is 0 Å². The van der Waals surface area contributed by atoms with Crippen molar-refractivity contribution in [3.8, 4) is 17.2 Å². The third-order valence-electron chi connectivity index (χ3n) is 5.08. The number of fused-ring (bicyclic) bond motifs is 1. The molecule has 0 N–H and O–H groups in total. The molecule has 0 radical (unpaired) electrons. The molecule has 0 aliphatic heterocycles. The van der Waals surface area contributed by atoms with Crippen LogP contribution in [0.1, 0.15) is 21.7 Å². The van der Waals surface area contributed by atoms with Gasteiger partial charge in [-0.05, 0) is 48.9 Å². The number of carbonyl (C=O) groups is 2. The summed E-state index contributed by atoms with van der Waals surface area (Å²) >= 11 is 0. The van der Waals surface area contributed by atoms with E-state index in [0.717, 1.165) is 5.56 Å². The zero-order valence-corrected chi connectivity index (χ0v) is 19.1. The second-order valence-electron chi connectivity index (χ2n) is 7.53. The highest BCUT2D eigenvalue weighted by molar-refractivity contribution is 5.89. The summed E-state index contributed by atoms with van der Waals surface area (Å²) in [4.78, 5) is 36.6. The fourth-order valence-electron chi connectivity index (χ4n) is 3.29. The minimum absolute atomic E-state index is 0.0291. The molecule has 0 unspecified atom stereocenters. The van der Waals surface area contributed by atoms with E-state index in [1.54, 1.807) is 31.2 Å². The molecule has 0 spiro atoms. The predicted octanol–water partition coefficient (Wildman–Crippen LogP) is 4.80. The van der Waals surface area contributed by atoms with Crippen molar-refractivity contribution in [1.82, 2.24) is 0 Å². The van der Waals surface area contributed by atoms with Crippen LogP contribution in [0.3, 0.4) is 0 Å². The Morgan fingerprint density at radius 1 is 0.914 bits per heavy atom. The monoisotopic (exact) mass is 474 g/mol. The smallest absolute Gasteiger partial charge is 0.344 e. The first-order valence-corrected chi connectivity index (χ1v) is 10.7. The number of methoxy groups -OCH3 is 1. The second kappa shape index (κ2) is 10.6. The number of ether oxygens (including phenoxy) is 4. The molecule has 178 valence electrons. The van der Waals surface area contributed by atoms with Crippen molar-refractivity contribution >= 4 is 22.9 Å². The first kappa shape index (κ1) is 23.6. The van der Waals surface area contributed by atoms with Crippen LogP contribution in [-0.2, 0) is 20.9 Å². The van der Waals surface area contributed by atoms with Gasteiger partial charge < -0.3 is 23.4 Å². The number of aryl methyl sites for hydroxylation is 1. The molecule has 0 atom stereocenters. The second-order valence-corrected chi connectivity index (χ2v) is 7.53. The molecule has 8 heteroatoms. The number of carbonyl (C=O) groups excluding carboxylic acids is 2. The van der Waals surface area contributed by atoms with Crippen LogP contribution < -0.4 is 14.9 Å². The molecule has 0 bridgehead atoms. The van der Waals surface area contributed by atoms with Gasteiger partial charge in [-0.2, -0.15) is 0 Å². The third kappa shape index (κ3) is 5.67. The fourth-order valence-corrected chi connectivity index (χ4v) is 3.29. The maximum atomic E-state index is 13.0. The molecule has 0 fully saturated rings. The standard InChI is InChI=1S/C27H22O8/c1-17-26(35-20-10-8-19(9-11-20)27(30)31-2)25(29)22-13-12-21(14-23(22)34-17)32-16-24(28)33-15-18-6-4-3-5-7-18/h3-14H,15-16H2,1-2H3. The minimum Gasteiger partial charge on any atom is -0.482 e. The third-order valence-corrected chi connectivity index (χ3v) is 5.08. The van der Waals surface area contributed by atoms with Gasteiger partial charge in [-0.1, -0.05) is 30.3 Å². The summed E-state index contributed by atoms with van der Waals surface area (Å²) in [7, 11) is 1.30. The molecule has 0 aliphatic carbocycles. The molecular weight excluding hydrogens is 452 g/mol. The van der Waals surface area contributed by atoms with Gasteiger partial charge in [-0.25, -0.2) is 9.59 Å². The van der Waals surface area contributed by atoms with Crippen molar-refractivity contribution in [1.29, 1.82) is 0 Å². The lowest BCUT2D eigenvalue weighted by Crippen LogP contribution is -2.15. The van der Waals surface area contributed by atoms with E-state index < -0.39 is 11.9 Å². The first-order valence-electron chi connectivity index (χ1n) is 10.7. The zero-order valence-electron chi connectivity index (χ0n) is 19.1. The Kier molecular flexibility index (Phi) is 7.11. The van der Waals surface area contributed by atoms with E-state index in [9.17, 15) is 14.4 Å². The maximum Gasteiger partial charge on any atom is 0.344 e. The van der Waals surface area contributed by atoms with E-state index in [4.69, 9.17) is 18.6 Å². The van der Waals surface area contributed by atoms with E-state index in [1.165, 1.54) is 25.3 Å². The molecular formula is C27H22O8. The highest BCUT2D eigenvalue weighted by Gasteiger charge is 2.16.